The highest BCUT2D eigenvalue weighted by atomic mass is 32.2. The van der Waals surface area contributed by atoms with Crippen LogP contribution in [0.2, 0.25) is 0 Å². The molecule has 1 N–H and O–H groups in total. The minimum Gasteiger partial charge on any atom is -0.349 e. The van der Waals surface area contributed by atoms with Crippen molar-refractivity contribution in [3.05, 3.63) is 59.7 Å². The number of nitrogens with one attached hydrogen (secondary N) is 1. The highest BCUT2D eigenvalue weighted by Gasteiger charge is 2.33. The standard InChI is InChI=1S/C22H28N2O5S2/c1-16-6-10-21(11-7-16)31(28,29)24-14-4-5-19(15-24)22(25)23-17(2)18-8-12-20(13-9-18)30(3,26)27/h6-13,17,19H,4-5,14-15H2,1-3H3,(H,23,25)/t17-,19+/m1/s1. The number of rotatable bonds is 6. The maximum atomic E-state index is 13.0. The zero-order chi connectivity index (χ0) is 22.8. The summed E-state index contributed by atoms with van der Waals surface area (Å²) in [6, 6.07) is 12.8. The van der Waals surface area contributed by atoms with E-state index in [-0.39, 0.29) is 28.3 Å². The van der Waals surface area contributed by atoms with Gasteiger partial charge in [-0.3, -0.25) is 4.79 Å². The molecule has 2 aromatic rings. The van der Waals surface area contributed by atoms with Crippen molar-refractivity contribution in [3.63, 3.8) is 0 Å². The van der Waals surface area contributed by atoms with Crippen molar-refractivity contribution < 1.29 is 21.6 Å². The van der Waals surface area contributed by atoms with Gasteiger partial charge in [0.2, 0.25) is 15.9 Å². The van der Waals surface area contributed by atoms with Crippen LogP contribution in [0.4, 0.5) is 0 Å². The summed E-state index contributed by atoms with van der Waals surface area (Å²) in [4.78, 5) is 13.3. The lowest BCUT2D eigenvalue weighted by Gasteiger charge is -2.32. The lowest BCUT2D eigenvalue weighted by Crippen LogP contribution is -2.45. The van der Waals surface area contributed by atoms with E-state index in [1.54, 1.807) is 36.4 Å². The molecule has 168 valence electrons. The SMILES string of the molecule is Cc1ccc(S(=O)(=O)N2CCC[C@H](C(=O)N[C@H](C)c3ccc(S(C)(=O)=O)cc3)C2)cc1. The molecule has 0 aromatic heterocycles. The number of benzene rings is 2. The Labute approximate surface area is 184 Å². The third-order valence-electron chi connectivity index (χ3n) is 5.58. The molecule has 0 aliphatic carbocycles. The summed E-state index contributed by atoms with van der Waals surface area (Å²) in [7, 11) is -6.93. The summed E-state index contributed by atoms with van der Waals surface area (Å²) >= 11 is 0. The van der Waals surface area contributed by atoms with E-state index >= 15 is 0 Å². The van der Waals surface area contributed by atoms with Gasteiger partial charge in [0, 0.05) is 19.3 Å². The van der Waals surface area contributed by atoms with E-state index in [4.69, 9.17) is 0 Å². The van der Waals surface area contributed by atoms with Crippen LogP contribution in [-0.2, 0) is 24.7 Å². The predicted octanol–water partition coefficient (Wildman–Crippen LogP) is 2.68. The average Bonchev–Trinajstić information content (AvgIpc) is 2.73. The van der Waals surface area contributed by atoms with Gasteiger partial charge in [-0.15, -0.1) is 0 Å². The van der Waals surface area contributed by atoms with Crippen LogP contribution in [0.15, 0.2) is 58.3 Å². The van der Waals surface area contributed by atoms with Crippen molar-refractivity contribution in [2.45, 2.75) is 42.5 Å². The van der Waals surface area contributed by atoms with Gasteiger partial charge in [-0.2, -0.15) is 4.31 Å². The fraction of sp³-hybridized carbons (Fsp3) is 0.409. The largest absolute Gasteiger partial charge is 0.349 e. The number of sulfone groups is 1. The van der Waals surface area contributed by atoms with Gasteiger partial charge in [0.05, 0.1) is 21.8 Å². The first-order chi connectivity index (χ1) is 14.5. The Kier molecular flexibility index (Phi) is 6.88. The number of sulfonamides is 1. The zero-order valence-electron chi connectivity index (χ0n) is 17.9. The Hall–Kier alpha value is -2.23. The van der Waals surface area contributed by atoms with Crippen molar-refractivity contribution in [1.82, 2.24) is 9.62 Å². The molecule has 1 fully saturated rings. The number of carbonyl (C=O) groups is 1. The summed E-state index contributed by atoms with van der Waals surface area (Å²) in [5.74, 6) is -0.643. The molecule has 1 saturated heterocycles. The molecule has 1 aliphatic rings. The lowest BCUT2D eigenvalue weighted by atomic mass is 9.98. The van der Waals surface area contributed by atoms with E-state index < -0.39 is 25.8 Å². The third-order valence-corrected chi connectivity index (χ3v) is 8.59. The van der Waals surface area contributed by atoms with Crippen LogP contribution in [0.25, 0.3) is 0 Å². The molecule has 2 aromatic carbocycles. The first-order valence-corrected chi connectivity index (χ1v) is 13.5. The second-order valence-corrected chi connectivity index (χ2v) is 12.0. The van der Waals surface area contributed by atoms with Crippen molar-refractivity contribution in [2.75, 3.05) is 19.3 Å². The Bertz CT molecular complexity index is 1140. The fourth-order valence-electron chi connectivity index (χ4n) is 3.65. The fourth-order valence-corrected chi connectivity index (χ4v) is 5.81. The summed E-state index contributed by atoms with van der Waals surface area (Å²) in [6.45, 7) is 4.24. The summed E-state index contributed by atoms with van der Waals surface area (Å²) < 4.78 is 50.5. The predicted molar refractivity (Wildman–Crippen MR) is 119 cm³/mol. The van der Waals surface area contributed by atoms with Crippen LogP contribution in [-0.4, -0.2) is 46.4 Å². The molecular formula is C22H28N2O5S2. The van der Waals surface area contributed by atoms with Crippen molar-refractivity contribution in [3.8, 4) is 0 Å². The van der Waals surface area contributed by atoms with Crippen molar-refractivity contribution in [1.29, 1.82) is 0 Å². The van der Waals surface area contributed by atoms with Gasteiger partial charge in [0.25, 0.3) is 0 Å². The molecular weight excluding hydrogens is 436 g/mol. The van der Waals surface area contributed by atoms with E-state index in [9.17, 15) is 21.6 Å². The molecule has 1 amide bonds. The van der Waals surface area contributed by atoms with E-state index in [2.05, 4.69) is 5.32 Å². The third kappa shape index (κ3) is 5.53. The first kappa shape index (κ1) is 23.4. The van der Waals surface area contributed by atoms with E-state index in [0.29, 0.717) is 19.4 Å². The van der Waals surface area contributed by atoms with Gasteiger partial charge >= 0.3 is 0 Å². The minimum atomic E-state index is -3.65. The normalized spacial score (nSPS) is 19.0. The van der Waals surface area contributed by atoms with Gasteiger partial charge in [-0.25, -0.2) is 16.8 Å². The minimum absolute atomic E-state index is 0.141. The van der Waals surface area contributed by atoms with Gasteiger partial charge in [0.1, 0.15) is 0 Å². The van der Waals surface area contributed by atoms with E-state index in [1.807, 2.05) is 13.8 Å². The van der Waals surface area contributed by atoms with Crippen molar-refractivity contribution in [2.24, 2.45) is 5.92 Å². The van der Waals surface area contributed by atoms with Crippen molar-refractivity contribution >= 4 is 25.8 Å². The quantitative estimate of drug-likeness (QED) is 0.708. The van der Waals surface area contributed by atoms with Gasteiger partial charge < -0.3 is 5.32 Å². The van der Waals surface area contributed by atoms with Crippen LogP contribution in [0.5, 0.6) is 0 Å². The molecule has 7 nitrogen and oxygen atoms in total. The molecule has 0 radical (unpaired) electrons. The second-order valence-electron chi connectivity index (χ2n) is 8.09. The molecule has 0 saturated carbocycles. The Morgan fingerprint density at radius 2 is 1.58 bits per heavy atom. The number of nitrogens with zero attached hydrogens (tertiary/aromatic N) is 1. The van der Waals surface area contributed by atoms with Crippen LogP contribution in [0, 0.1) is 12.8 Å². The number of hydrogen-bond acceptors (Lipinski definition) is 5. The van der Waals surface area contributed by atoms with Gasteiger partial charge in [-0.1, -0.05) is 29.8 Å². The number of aryl methyl sites for hydroxylation is 1. The zero-order valence-corrected chi connectivity index (χ0v) is 19.5. The lowest BCUT2D eigenvalue weighted by molar-refractivity contribution is -0.126. The summed E-state index contributed by atoms with van der Waals surface area (Å²) in [5.41, 5.74) is 1.76. The van der Waals surface area contributed by atoms with Gasteiger partial charge in [0.15, 0.2) is 9.84 Å². The van der Waals surface area contributed by atoms with Crippen LogP contribution >= 0.6 is 0 Å². The maximum absolute atomic E-state index is 13.0. The summed E-state index contributed by atoms with van der Waals surface area (Å²) in [6.07, 6.45) is 2.37. The Morgan fingerprint density at radius 3 is 2.16 bits per heavy atom. The van der Waals surface area contributed by atoms with Crippen LogP contribution < -0.4 is 5.32 Å². The topological polar surface area (TPSA) is 101 Å². The smallest absolute Gasteiger partial charge is 0.243 e. The molecule has 0 unspecified atom stereocenters. The Morgan fingerprint density at radius 1 is 1.00 bits per heavy atom. The number of amides is 1. The van der Waals surface area contributed by atoms with Gasteiger partial charge in [-0.05, 0) is 56.5 Å². The van der Waals surface area contributed by atoms with Crippen LogP contribution in [0.3, 0.4) is 0 Å². The highest BCUT2D eigenvalue weighted by Crippen LogP contribution is 2.25. The molecule has 1 aliphatic heterocycles. The molecule has 2 atom stereocenters. The Balaban J connectivity index is 1.67. The average molecular weight is 465 g/mol. The monoisotopic (exact) mass is 464 g/mol. The molecule has 9 heteroatoms. The summed E-state index contributed by atoms with van der Waals surface area (Å²) in [5, 5.41) is 2.93. The molecule has 31 heavy (non-hydrogen) atoms. The number of piperidine rings is 1. The number of carbonyl (C=O) groups excluding carboxylic acids is 1. The molecule has 3 rings (SSSR count). The van der Waals surface area contributed by atoms with E-state index in [1.165, 1.54) is 16.4 Å². The molecule has 0 spiro atoms. The molecule has 1 heterocycles. The highest BCUT2D eigenvalue weighted by molar-refractivity contribution is 7.90. The maximum Gasteiger partial charge on any atom is 0.243 e. The van der Waals surface area contributed by atoms with E-state index in [0.717, 1.165) is 17.4 Å². The number of hydrogen-bond donors (Lipinski definition) is 1. The van der Waals surface area contributed by atoms with Crippen LogP contribution in [0.1, 0.15) is 36.9 Å². The second kappa shape index (κ2) is 9.10. The molecule has 0 bridgehead atoms. The first-order valence-electron chi connectivity index (χ1n) is 10.2.